The zero-order chi connectivity index (χ0) is 13.8. The normalized spacial score (nSPS) is 16.6. The van der Waals surface area contributed by atoms with Crippen LogP contribution < -0.4 is 5.73 Å². The zero-order valence-corrected chi connectivity index (χ0v) is 11.7. The van der Waals surface area contributed by atoms with Crippen molar-refractivity contribution in [3.63, 3.8) is 0 Å². The van der Waals surface area contributed by atoms with E-state index in [-0.39, 0.29) is 23.3 Å². The first kappa shape index (κ1) is 14.9. The van der Waals surface area contributed by atoms with Crippen molar-refractivity contribution < 1.29 is 14.3 Å². The topological polar surface area (TPSA) is 72.6 Å². The first-order valence-electron chi connectivity index (χ1n) is 6.15. The van der Waals surface area contributed by atoms with E-state index in [1.54, 1.807) is 14.0 Å². The smallest absolute Gasteiger partial charge is 0.307 e. The number of carbonyl (C=O) groups is 2. The van der Waals surface area contributed by atoms with E-state index in [9.17, 15) is 9.59 Å². The second-order valence-electron chi connectivity index (χ2n) is 4.58. The second kappa shape index (κ2) is 6.13. The van der Waals surface area contributed by atoms with Gasteiger partial charge in [-0.25, -0.2) is 0 Å². The lowest BCUT2D eigenvalue weighted by Gasteiger charge is -2.41. The molecule has 1 saturated carbocycles. The molecular weight excluding hydrogens is 252 g/mol. The van der Waals surface area contributed by atoms with Gasteiger partial charge in [-0.15, -0.1) is 0 Å². The predicted molar refractivity (Wildman–Crippen MR) is 72.0 cm³/mol. The molecule has 0 aromatic rings. The molecule has 6 heteroatoms. The van der Waals surface area contributed by atoms with Crippen molar-refractivity contribution in [3.8, 4) is 0 Å². The Bertz CT molecular complexity index is 353. The molecule has 1 aliphatic carbocycles. The molecule has 0 unspecified atom stereocenters. The number of hydrogen-bond acceptors (Lipinski definition) is 4. The zero-order valence-electron chi connectivity index (χ0n) is 10.9. The lowest BCUT2D eigenvalue weighted by molar-refractivity contribution is -0.145. The van der Waals surface area contributed by atoms with E-state index >= 15 is 0 Å². The summed E-state index contributed by atoms with van der Waals surface area (Å²) >= 11 is 4.99. The van der Waals surface area contributed by atoms with Gasteiger partial charge in [0.2, 0.25) is 5.91 Å². The standard InChI is InChI=1S/C12H20N2O3S/c1-3-17-9(15)5-8-14(2)11(16)12(10(13)18)6-4-7-12/h3-8H2,1-2H3,(H2,13,18). The van der Waals surface area contributed by atoms with Gasteiger partial charge in [-0.05, 0) is 19.8 Å². The highest BCUT2D eigenvalue weighted by Gasteiger charge is 2.48. The molecule has 0 heterocycles. The van der Waals surface area contributed by atoms with Gasteiger partial charge in [0.05, 0.1) is 23.4 Å². The Morgan fingerprint density at radius 2 is 2.06 bits per heavy atom. The highest BCUT2D eigenvalue weighted by molar-refractivity contribution is 7.80. The van der Waals surface area contributed by atoms with Crippen LogP contribution in [0.5, 0.6) is 0 Å². The Morgan fingerprint density at radius 1 is 1.44 bits per heavy atom. The van der Waals surface area contributed by atoms with E-state index in [0.717, 1.165) is 6.42 Å². The van der Waals surface area contributed by atoms with Crippen LogP contribution in [0, 0.1) is 5.41 Å². The van der Waals surface area contributed by atoms with Crippen LogP contribution in [0.4, 0.5) is 0 Å². The molecule has 0 aromatic carbocycles. The van der Waals surface area contributed by atoms with Gasteiger partial charge in [-0.2, -0.15) is 0 Å². The van der Waals surface area contributed by atoms with Crippen molar-refractivity contribution in [2.24, 2.45) is 11.1 Å². The molecule has 1 fully saturated rings. The van der Waals surface area contributed by atoms with Crippen LogP contribution in [0.1, 0.15) is 32.6 Å². The molecule has 0 bridgehead atoms. The van der Waals surface area contributed by atoms with Gasteiger partial charge in [0.15, 0.2) is 0 Å². The molecule has 0 aromatic heterocycles. The summed E-state index contributed by atoms with van der Waals surface area (Å²) in [5.41, 5.74) is 5.00. The monoisotopic (exact) mass is 272 g/mol. The van der Waals surface area contributed by atoms with Crippen molar-refractivity contribution in [2.75, 3.05) is 20.2 Å². The summed E-state index contributed by atoms with van der Waals surface area (Å²) in [6, 6.07) is 0. The quantitative estimate of drug-likeness (QED) is 0.573. The van der Waals surface area contributed by atoms with Gasteiger partial charge in [0.1, 0.15) is 0 Å². The third-order valence-corrected chi connectivity index (χ3v) is 3.78. The summed E-state index contributed by atoms with van der Waals surface area (Å²) in [4.78, 5) is 25.3. The van der Waals surface area contributed by atoms with Gasteiger partial charge >= 0.3 is 5.97 Å². The summed E-state index contributed by atoms with van der Waals surface area (Å²) in [6.45, 7) is 2.44. The van der Waals surface area contributed by atoms with Crippen molar-refractivity contribution >= 4 is 29.1 Å². The predicted octanol–water partition coefficient (Wildman–Crippen LogP) is 0.854. The number of ether oxygens (including phenoxy) is 1. The third-order valence-electron chi connectivity index (χ3n) is 3.39. The Hall–Kier alpha value is -1.17. The van der Waals surface area contributed by atoms with Crippen LogP contribution in [0.2, 0.25) is 0 Å². The molecule has 0 atom stereocenters. The molecule has 0 spiro atoms. The fraction of sp³-hybridized carbons (Fsp3) is 0.750. The summed E-state index contributed by atoms with van der Waals surface area (Å²) in [7, 11) is 1.67. The lowest BCUT2D eigenvalue weighted by atomic mass is 9.67. The van der Waals surface area contributed by atoms with Gasteiger partial charge in [0.25, 0.3) is 0 Å². The molecule has 102 valence electrons. The average Bonchev–Trinajstić information content (AvgIpc) is 2.24. The summed E-state index contributed by atoms with van der Waals surface area (Å²) in [5, 5.41) is 0. The van der Waals surface area contributed by atoms with E-state index in [1.165, 1.54) is 4.90 Å². The first-order valence-corrected chi connectivity index (χ1v) is 6.56. The Morgan fingerprint density at radius 3 is 2.44 bits per heavy atom. The fourth-order valence-electron chi connectivity index (χ4n) is 2.06. The SMILES string of the molecule is CCOC(=O)CCN(C)C(=O)C1(C(N)=S)CCC1. The van der Waals surface area contributed by atoms with Crippen molar-refractivity contribution in [2.45, 2.75) is 32.6 Å². The van der Waals surface area contributed by atoms with Gasteiger partial charge in [-0.1, -0.05) is 18.6 Å². The number of rotatable bonds is 6. The summed E-state index contributed by atoms with van der Waals surface area (Å²) in [6.07, 6.45) is 2.59. The summed E-state index contributed by atoms with van der Waals surface area (Å²) < 4.78 is 4.82. The number of thiocarbonyl (C=S) groups is 1. The van der Waals surface area contributed by atoms with Gasteiger partial charge in [0, 0.05) is 13.6 Å². The number of esters is 1. The highest BCUT2D eigenvalue weighted by Crippen LogP contribution is 2.42. The number of amides is 1. The Kier molecular flexibility index (Phi) is 5.07. The van der Waals surface area contributed by atoms with Crippen molar-refractivity contribution in [1.29, 1.82) is 0 Å². The maximum Gasteiger partial charge on any atom is 0.307 e. The maximum atomic E-state index is 12.3. The first-order chi connectivity index (χ1) is 8.44. The van der Waals surface area contributed by atoms with E-state index in [1.807, 2.05) is 0 Å². The largest absolute Gasteiger partial charge is 0.466 e. The van der Waals surface area contributed by atoms with E-state index in [4.69, 9.17) is 22.7 Å². The third kappa shape index (κ3) is 2.98. The minimum atomic E-state index is -0.668. The van der Waals surface area contributed by atoms with E-state index in [2.05, 4.69) is 0 Å². The second-order valence-corrected chi connectivity index (χ2v) is 5.02. The van der Waals surface area contributed by atoms with E-state index < -0.39 is 5.41 Å². The lowest BCUT2D eigenvalue weighted by Crippen LogP contribution is -2.53. The van der Waals surface area contributed by atoms with Crippen LogP contribution >= 0.6 is 12.2 Å². The molecule has 1 rings (SSSR count). The van der Waals surface area contributed by atoms with Crippen LogP contribution in [0.15, 0.2) is 0 Å². The molecule has 1 amide bonds. The van der Waals surface area contributed by atoms with Gasteiger partial charge in [-0.3, -0.25) is 9.59 Å². The van der Waals surface area contributed by atoms with Gasteiger partial charge < -0.3 is 15.4 Å². The number of nitrogens with zero attached hydrogens (tertiary/aromatic N) is 1. The van der Waals surface area contributed by atoms with Crippen LogP contribution in [-0.2, 0) is 14.3 Å². The molecule has 0 radical (unpaired) electrons. The minimum absolute atomic E-state index is 0.0782. The van der Waals surface area contributed by atoms with Crippen LogP contribution in [-0.4, -0.2) is 42.0 Å². The Balaban J connectivity index is 2.51. The number of hydrogen-bond donors (Lipinski definition) is 1. The van der Waals surface area contributed by atoms with E-state index in [0.29, 0.717) is 26.0 Å². The molecule has 5 nitrogen and oxygen atoms in total. The number of carbonyl (C=O) groups excluding carboxylic acids is 2. The van der Waals surface area contributed by atoms with Crippen LogP contribution in [0.3, 0.4) is 0 Å². The van der Waals surface area contributed by atoms with Crippen molar-refractivity contribution in [3.05, 3.63) is 0 Å². The molecule has 0 aliphatic heterocycles. The number of nitrogens with two attached hydrogens (primary N) is 1. The Labute approximate surface area is 113 Å². The minimum Gasteiger partial charge on any atom is -0.466 e. The summed E-state index contributed by atoms with van der Waals surface area (Å²) in [5.74, 6) is -0.374. The maximum absolute atomic E-state index is 12.3. The molecule has 0 saturated heterocycles. The molecule has 18 heavy (non-hydrogen) atoms. The highest BCUT2D eigenvalue weighted by atomic mass is 32.1. The van der Waals surface area contributed by atoms with Crippen molar-refractivity contribution in [1.82, 2.24) is 4.90 Å². The molecule has 1 aliphatic rings. The molecule has 2 N–H and O–H groups in total. The van der Waals surface area contributed by atoms with Crippen LogP contribution in [0.25, 0.3) is 0 Å². The average molecular weight is 272 g/mol. The molecular formula is C12H20N2O3S. The fourth-order valence-corrected chi connectivity index (χ4v) is 2.35.